The number of benzene rings is 2. The van der Waals surface area contributed by atoms with Crippen molar-refractivity contribution in [2.24, 2.45) is 5.73 Å². The van der Waals surface area contributed by atoms with Gasteiger partial charge in [0, 0.05) is 10.0 Å². The first-order valence-electron chi connectivity index (χ1n) is 5.69. The van der Waals surface area contributed by atoms with Gasteiger partial charge in [-0.05, 0) is 24.3 Å². The Morgan fingerprint density at radius 3 is 2.58 bits per heavy atom. The third kappa shape index (κ3) is 2.13. The van der Waals surface area contributed by atoms with Crippen molar-refractivity contribution in [3.63, 3.8) is 0 Å². The Balaban J connectivity index is 2.19. The summed E-state index contributed by atoms with van der Waals surface area (Å²) in [5.41, 5.74) is 8.13. The molecule has 0 radical (unpaired) electrons. The van der Waals surface area contributed by atoms with Crippen LogP contribution in [0.3, 0.4) is 0 Å². The van der Waals surface area contributed by atoms with Crippen LogP contribution in [0.2, 0.25) is 0 Å². The van der Waals surface area contributed by atoms with E-state index in [9.17, 15) is 4.79 Å². The molecular formula is C14H10BrN3O. The molecule has 2 aromatic carbocycles. The van der Waals surface area contributed by atoms with Crippen LogP contribution in [0, 0.1) is 0 Å². The maximum atomic E-state index is 11.4. The van der Waals surface area contributed by atoms with Gasteiger partial charge in [-0.1, -0.05) is 34.1 Å². The second-order valence-corrected chi connectivity index (χ2v) is 5.07. The number of carbonyl (C=O) groups is 1. The Labute approximate surface area is 117 Å². The molecule has 0 fully saturated rings. The van der Waals surface area contributed by atoms with Crippen molar-refractivity contribution in [1.29, 1.82) is 0 Å². The molecule has 0 atom stereocenters. The molecule has 1 heterocycles. The van der Waals surface area contributed by atoms with Crippen molar-refractivity contribution >= 4 is 32.9 Å². The number of amides is 1. The van der Waals surface area contributed by atoms with Gasteiger partial charge in [0.25, 0.3) is 5.91 Å². The highest BCUT2D eigenvalue weighted by atomic mass is 79.9. The summed E-state index contributed by atoms with van der Waals surface area (Å²) in [6.07, 6.45) is 0. The van der Waals surface area contributed by atoms with Crippen molar-refractivity contribution in [3.8, 4) is 11.4 Å². The zero-order valence-corrected chi connectivity index (χ0v) is 11.4. The van der Waals surface area contributed by atoms with E-state index in [-0.39, 0.29) is 0 Å². The number of imidazole rings is 1. The van der Waals surface area contributed by atoms with E-state index in [1.807, 2.05) is 30.3 Å². The van der Waals surface area contributed by atoms with Gasteiger partial charge in [0.2, 0.25) is 0 Å². The van der Waals surface area contributed by atoms with E-state index in [0.29, 0.717) is 11.1 Å². The molecule has 0 aliphatic carbocycles. The van der Waals surface area contributed by atoms with E-state index in [1.165, 1.54) is 0 Å². The fraction of sp³-hybridized carbons (Fsp3) is 0. The van der Waals surface area contributed by atoms with Gasteiger partial charge in [-0.25, -0.2) is 4.98 Å². The Hall–Kier alpha value is -2.14. The van der Waals surface area contributed by atoms with Crippen LogP contribution in [-0.2, 0) is 0 Å². The highest BCUT2D eigenvalue weighted by Gasteiger charge is 2.11. The quantitative estimate of drug-likeness (QED) is 0.762. The number of nitrogens with one attached hydrogen (secondary N) is 1. The lowest BCUT2D eigenvalue weighted by atomic mass is 10.2. The van der Waals surface area contributed by atoms with Crippen LogP contribution in [0.25, 0.3) is 22.4 Å². The van der Waals surface area contributed by atoms with Crippen molar-refractivity contribution in [3.05, 3.63) is 52.5 Å². The number of halogens is 1. The summed E-state index contributed by atoms with van der Waals surface area (Å²) in [6.45, 7) is 0. The molecule has 0 saturated carbocycles. The second kappa shape index (κ2) is 4.51. The smallest absolute Gasteiger partial charge is 0.250 e. The molecular weight excluding hydrogens is 306 g/mol. The molecule has 0 unspecified atom stereocenters. The van der Waals surface area contributed by atoms with Gasteiger partial charge >= 0.3 is 0 Å². The molecule has 0 bridgehead atoms. The Bertz CT molecular complexity index is 762. The number of H-pyrrole nitrogens is 1. The number of rotatable bonds is 2. The molecule has 94 valence electrons. The monoisotopic (exact) mass is 315 g/mol. The lowest BCUT2D eigenvalue weighted by Crippen LogP contribution is -2.11. The lowest BCUT2D eigenvalue weighted by molar-refractivity contribution is 0.100. The van der Waals surface area contributed by atoms with E-state index in [1.54, 1.807) is 12.1 Å². The van der Waals surface area contributed by atoms with E-state index in [0.717, 1.165) is 21.4 Å². The number of nitrogens with zero attached hydrogens (tertiary/aromatic N) is 1. The Morgan fingerprint density at radius 1 is 1.16 bits per heavy atom. The number of fused-ring (bicyclic) bond motifs is 1. The largest absolute Gasteiger partial charge is 0.366 e. The SMILES string of the molecule is NC(=O)c1cccc2[nH]c(-c3ccc(Br)cc3)nc12. The number of aromatic nitrogens is 2. The highest BCUT2D eigenvalue weighted by Crippen LogP contribution is 2.23. The number of carbonyl (C=O) groups excluding carboxylic acids is 1. The van der Waals surface area contributed by atoms with Gasteiger partial charge in [-0.3, -0.25) is 4.79 Å². The summed E-state index contributed by atoms with van der Waals surface area (Å²) < 4.78 is 1.00. The van der Waals surface area contributed by atoms with E-state index in [2.05, 4.69) is 25.9 Å². The van der Waals surface area contributed by atoms with Crippen molar-refractivity contribution in [2.75, 3.05) is 0 Å². The summed E-state index contributed by atoms with van der Waals surface area (Å²) in [6, 6.07) is 13.1. The number of nitrogens with two attached hydrogens (primary N) is 1. The summed E-state index contributed by atoms with van der Waals surface area (Å²) in [4.78, 5) is 19.0. The van der Waals surface area contributed by atoms with Crippen molar-refractivity contribution in [1.82, 2.24) is 9.97 Å². The molecule has 0 saturated heterocycles. The average molecular weight is 316 g/mol. The normalized spacial score (nSPS) is 10.8. The zero-order valence-electron chi connectivity index (χ0n) is 9.85. The van der Waals surface area contributed by atoms with Gasteiger partial charge < -0.3 is 10.7 Å². The van der Waals surface area contributed by atoms with Crippen LogP contribution < -0.4 is 5.73 Å². The highest BCUT2D eigenvalue weighted by molar-refractivity contribution is 9.10. The summed E-state index contributed by atoms with van der Waals surface area (Å²) in [5.74, 6) is 0.246. The molecule has 1 aromatic heterocycles. The van der Waals surface area contributed by atoms with Gasteiger partial charge in [0.05, 0.1) is 11.1 Å². The first-order chi connectivity index (χ1) is 9.15. The van der Waals surface area contributed by atoms with Crippen LogP contribution in [-0.4, -0.2) is 15.9 Å². The summed E-state index contributed by atoms with van der Waals surface area (Å²) in [7, 11) is 0. The van der Waals surface area contributed by atoms with Gasteiger partial charge in [0.1, 0.15) is 11.3 Å². The van der Waals surface area contributed by atoms with Crippen LogP contribution in [0.5, 0.6) is 0 Å². The molecule has 3 N–H and O–H groups in total. The topological polar surface area (TPSA) is 71.8 Å². The van der Waals surface area contributed by atoms with E-state index in [4.69, 9.17) is 5.73 Å². The molecule has 3 aromatic rings. The van der Waals surface area contributed by atoms with Gasteiger partial charge in [0.15, 0.2) is 0 Å². The molecule has 0 spiro atoms. The third-order valence-corrected chi connectivity index (χ3v) is 3.42. The lowest BCUT2D eigenvalue weighted by Gasteiger charge is -1.96. The summed E-state index contributed by atoms with van der Waals surface area (Å²) in [5, 5.41) is 0. The van der Waals surface area contributed by atoms with Crippen LogP contribution >= 0.6 is 15.9 Å². The van der Waals surface area contributed by atoms with Crippen LogP contribution in [0.15, 0.2) is 46.9 Å². The van der Waals surface area contributed by atoms with Crippen LogP contribution in [0.4, 0.5) is 0 Å². The number of primary amides is 1. The van der Waals surface area contributed by atoms with E-state index < -0.39 is 5.91 Å². The summed E-state index contributed by atoms with van der Waals surface area (Å²) >= 11 is 3.39. The average Bonchev–Trinajstić information content (AvgIpc) is 2.82. The maximum Gasteiger partial charge on any atom is 0.250 e. The second-order valence-electron chi connectivity index (χ2n) is 4.16. The van der Waals surface area contributed by atoms with Crippen molar-refractivity contribution < 1.29 is 4.79 Å². The predicted octanol–water partition coefficient (Wildman–Crippen LogP) is 3.09. The first kappa shape index (κ1) is 11.9. The molecule has 0 aliphatic rings. The minimum atomic E-state index is -0.473. The molecule has 3 rings (SSSR count). The Morgan fingerprint density at radius 2 is 1.89 bits per heavy atom. The standard InChI is InChI=1S/C14H10BrN3O/c15-9-6-4-8(5-7-9)14-17-11-3-1-2-10(13(16)19)12(11)18-14/h1-7H,(H2,16,19)(H,17,18). The molecule has 19 heavy (non-hydrogen) atoms. The molecule has 0 aliphatic heterocycles. The predicted molar refractivity (Wildman–Crippen MR) is 77.7 cm³/mol. The molecule has 4 nitrogen and oxygen atoms in total. The minimum absolute atomic E-state index is 0.428. The number of aromatic amines is 1. The van der Waals surface area contributed by atoms with E-state index >= 15 is 0 Å². The first-order valence-corrected chi connectivity index (χ1v) is 6.49. The number of hydrogen-bond donors (Lipinski definition) is 2. The third-order valence-electron chi connectivity index (χ3n) is 2.90. The van der Waals surface area contributed by atoms with Crippen molar-refractivity contribution in [2.45, 2.75) is 0 Å². The molecule has 5 heteroatoms. The fourth-order valence-electron chi connectivity index (χ4n) is 1.98. The van der Waals surface area contributed by atoms with Crippen LogP contribution in [0.1, 0.15) is 10.4 Å². The Kier molecular flexibility index (Phi) is 2.83. The molecule has 1 amide bonds. The zero-order chi connectivity index (χ0) is 13.4. The number of hydrogen-bond acceptors (Lipinski definition) is 2. The van der Waals surface area contributed by atoms with Gasteiger partial charge in [-0.2, -0.15) is 0 Å². The van der Waals surface area contributed by atoms with Gasteiger partial charge in [-0.15, -0.1) is 0 Å². The number of para-hydroxylation sites is 1. The fourth-order valence-corrected chi connectivity index (χ4v) is 2.24. The minimum Gasteiger partial charge on any atom is -0.366 e. The maximum absolute atomic E-state index is 11.4.